The molecule has 4 nitrogen and oxygen atoms in total. The lowest BCUT2D eigenvalue weighted by Gasteiger charge is -2.17. The van der Waals surface area contributed by atoms with E-state index in [1.165, 1.54) is 4.90 Å². The van der Waals surface area contributed by atoms with E-state index in [9.17, 15) is 4.79 Å². The number of hydrogen-bond acceptors (Lipinski definition) is 3. The highest BCUT2D eigenvalue weighted by atomic mass is 16.4. The summed E-state index contributed by atoms with van der Waals surface area (Å²) in [7, 11) is 1.69. The third kappa shape index (κ3) is 1.42. The zero-order chi connectivity index (χ0) is 10.3. The topological polar surface area (TPSA) is 59.5 Å². The number of hydrogen-bond donors (Lipinski definition) is 1. The molecule has 0 saturated heterocycles. The molecule has 76 valence electrons. The molecule has 0 spiro atoms. The van der Waals surface area contributed by atoms with Crippen LogP contribution in [0.3, 0.4) is 0 Å². The fourth-order valence-electron chi connectivity index (χ4n) is 1.38. The normalized spacial score (nSPS) is 17.9. The maximum atomic E-state index is 11.8. The highest BCUT2D eigenvalue weighted by molar-refractivity contribution is 6.00. The lowest BCUT2D eigenvalue weighted by molar-refractivity contribution is -0.120. The summed E-state index contributed by atoms with van der Waals surface area (Å²) in [6.07, 6.45) is 1.55. The number of aryl methyl sites for hydroxylation is 1. The molecule has 2 rings (SSSR count). The van der Waals surface area contributed by atoms with Crippen LogP contribution in [0.4, 0.5) is 5.88 Å². The minimum Gasteiger partial charge on any atom is -0.445 e. The molecule has 1 heterocycles. The largest absolute Gasteiger partial charge is 0.445 e. The van der Waals surface area contributed by atoms with Crippen molar-refractivity contribution in [2.45, 2.75) is 25.3 Å². The molecule has 2 N–H and O–H groups in total. The number of carbonyl (C=O) groups excluding carboxylic acids is 1. The second-order valence-electron chi connectivity index (χ2n) is 3.90. The van der Waals surface area contributed by atoms with E-state index >= 15 is 0 Å². The van der Waals surface area contributed by atoms with Gasteiger partial charge in [-0.15, -0.1) is 0 Å². The summed E-state index contributed by atoms with van der Waals surface area (Å²) in [5, 5.41) is 0. The first kappa shape index (κ1) is 9.27. The van der Waals surface area contributed by atoms with Crippen LogP contribution in [0, 0.1) is 6.92 Å². The monoisotopic (exact) mass is 194 g/mol. The third-order valence-corrected chi connectivity index (χ3v) is 2.58. The molecule has 1 aliphatic rings. The molecular weight excluding hydrogens is 180 g/mol. The molecule has 1 fully saturated rings. The highest BCUT2D eigenvalue weighted by Crippen LogP contribution is 2.35. The second kappa shape index (κ2) is 2.85. The van der Waals surface area contributed by atoms with E-state index in [-0.39, 0.29) is 5.91 Å². The summed E-state index contributed by atoms with van der Waals surface area (Å²) in [4.78, 5) is 13.3. The van der Waals surface area contributed by atoms with Crippen LogP contribution in [0.1, 0.15) is 18.6 Å². The van der Waals surface area contributed by atoms with Crippen molar-refractivity contribution >= 4 is 11.8 Å². The van der Waals surface area contributed by atoms with Crippen LogP contribution in [-0.4, -0.2) is 18.5 Å². The van der Waals surface area contributed by atoms with Crippen LogP contribution in [0.25, 0.3) is 0 Å². The molecule has 1 saturated carbocycles. The fraction of sp³-hybridized carbons (Fsp3) is 0.500. The molecule has 14 heavy (non-hydrogen) atoms. The zero-order valence-electron chi connectivity index (χ0n) is 8.41. The number of nitrogens with two attached hydrogens (primary N) is 1. The van der Waals surface area contributed by atoms with E-state index in [4.69, 9.17) is 10.2 Å². The smallest absolute Gasteiger partial charge is 0.249 e. The number of rotatable bonds is 2. The average Bonchev–Trinajstić information content (AvgIpc) is 2.75. The SMILES string of the molecule is Cc1ccc(N(C)C(=O)C2(N)CC2)o1. The molecule has 1 aromatic heterocycles. The number of amides is 1. The molecule has 0 aliphatic heterocycles. The standard InChI is InChI=1S/C10H14N2O2/c1-7-3-4-8(14-7)12(2)9(13)10(11)5-6-10/h3-4H,5-6,11H2,1-2H3. The van der Waals surface area contributed by atoms with E-state index in [1.54, 1.807) is 13.1 Å². The van der Waals surface area contributed by atoms with Gasteiger partial charge in [0.05, 0.1) is 5.54 Å². The predicted molar refractivity (Wildman–Crippen MR) is 53.0 cm³/mol. The maximum Gasteiger partial charge on any atom is 0.249 e. The van der Waals surface area contributed by atoms with E-state index in [1.807, 2.05) is 13.0 Å². The van der Waals surface area contributed by atoms with Crippen molar-refractivity contribution in [3.63, 3.8) is 0 Å². The third-order valence-electron chi connectivity index (χ3n) is 2.58. The zero-order valence-corrected chi connectivity index (χ0v) is 8.41. The first-order valence-electron chi connectivity index (χ1n) is 4.66. The number of furan rings is 1. The summed E-state index contributed by atoms with van der Waals surface area (Å²) in [6, 6.07) is 3.61. The van der Waals surface area contributed by atoms with Crippen molar-refractivity contribution in [1.29, 1.82) is 0 Å². The highest BCUT2D eigenvalue weighted by Gasteiger charge is 2.48. The first-order chi connectivity index (χ1) is 6.53. The maximum absolute atomic E-state index is 11.8. The van der Waals surface area contributed by atoms with E-state index < -0.39 is 5.54 Å². The fourth-order valence-corrected chi connectivity index (χ4v) is 1.38. The second-order valence-corrected chi connectivity index (χ2v) is 3.90. The van der Waals surface area contributed by atoms with Gasteiger partial charge in [0.15, 0.2) is 0 Å². The Kier molecular flexibility index (Phi) is 1.89. The van der Waals surface area contributed by atoms with Gasteiger partial charge in [0, 0.05) is 13.1 Å². The van der Waals surface area contributed by atoms with Gasteiger partial charge in [0.25, 0.3) is 0 Å². The summed E-state index contributed by atoms with van der Waals surface area (Å²) in [5.74, 6) is 1.29. The average molecular weight is 194 g/mol. The van der Waals surface area contributed by atoms with Gasteiger partial charge >= 0.3 is 0 Å². The molecule has 0 bridgehead atoms. The number of nitrogens with zero attached hydrogens (tertiary/aromatic N) is 1. The summed E-state index contributed by atoms with van der Waals surface area (Å²) in [5.41, 5.74) is 5.17. The minimum absolute atomic E-state index is 0.0631. The van der Waals surface area contributed by atoms with Crippen LogP contribution in [-0.2, 0) is 4.79 Å². The van der Waals surface area contributed by atoms with Gasteiger partial charge in [0.1, 0.15) is 5.76 Å². The van der Waals surface area contributed by atoms with Gasteiger partial charge in [-0.2, -0.15) is 0 Å². The van der Waals surface area contributed by atoms with Crippen LogP contribution < -0.4 is 10.6 Å². The number of carbonyl (C=O) groups is 1. The lowest BCUT2D eigenvalue weighted by atomic mass is 10.2. The Morgan fingerprint density at radius 2 is 2.21 bits per heavy atom. The summed E-state index contributed by atoms with van der Waals surface area (Å²) >= 11 is 0. The van der Waals surface area contributed by atoms with Gasteiger partial charge < -0.3 is 10.2 Å². The quantitative estimate of drug-likeness (QED) is 0.765. The Morgan fingerprint density at radius 3 is 2.64 bits per heavy atom. The summed E-state index contributed by atoms with van der Waals surface area (Å²) < 4.78 is 5.34. The van der Waals surface area contributed by atoms with Gasteiger partial charge in [0.2, 0.25) is 11.8 Å². The molecule has 1 aliphatic carbocycles. The van der Waals surface area contributed by atoms with E-state index in [0.29, 0.717) is 5.88 Å². The van der Waals surface area contributed by atoms with Crippen molar-refractivity contribution in [2.75, 3.05) is 11.9 Å². The first-order valence-corrected chi connectivity index (χ1v) is 4.66. The Hall–Kier alpha value is -1.29. The van der Waals surface area contributed by atoms with Crippen molar-refractivity contribution < 1.29 is 9.21 Å². The van der Waals surface area contributed by atoms with Crippen molar-refractivity contribution in [3.8, 4) is 0 Å². The molecular formula is C10H14N2O2. The minimum atomic E-state index is -0.630. The van der Waals surface area contributed by atoms with Gasteiger partial charge in [-0.05, 0) is 25.8 Å². The molecule has 1 aromatic rings. The molecule has 1 amide bonds. The molecule has 0 radical (unpaired) electrons. The summed E-state index contributed by atoms with van der Waals surface area (Å²) in [6.45, 7) is 1.84. The Bertz CT molecular complexity index is 366. The Morgan fingerprint density at radius 1 is 1.57 bits per heavy atom. The Labute approximate surface area is 82.7 Å². The number of anilines is 1. The van der Waals surface area contributed by atoms with Gasteiger partial charge in [-0.25, -0.2) is 0 Å². The van der Waals surface area contributed by atoms with E-state index in [0.717, 1.165) is 18.6 Å². The molecule has 0 unspecified atom stereocenters. The Balaban J connectivity index is 2.15. The van der Waals surface area contributed by atoms with Crippen LogP contribution in [0.5, 0.6) is 0 Å². The molecule has 4 heteroatoms. The van der Waals surface area contributed by atoms with Gasteiger partial charge in [-0.3, -0.25) is 9.69 Å². The predicted octanol–water partition coefficient (Wildman–Crippen LogP) is 1.04. The van der Waals surface area contributed by atoms with Crippen molar-refractivity contribution in [2.24, 2.45) is 5.73 Å². The number of likely N-dealkylation sites (N-methyl/N-ethyl adjacent to an activating group) is 1. The van der Waals surface area contributed by atoms with Crippen molar-refractivity contribution in [1.82, 2.24) is 0 Å². The van der Waals surface area contributed by atoms with Crippen LogP contribution >= 0.6 is 0 Å². The molecule has 0 atom stereocenters. The van der Waals surface area contributed by atoms with Crippen LogP contribution in [0.2, 0.25) is 0 Å². The van der Waals surface area contributed by atoms with Gasteiger partial charge in [-0.1, -0.05) is 0 Å². The van der Waals surface area contributed by atoms with Crippen LogP contribution in [0.15, 0.2) is 16.5 Å². The van der Waals surface area contributed by atoms with E-state index in [2.05, 4.69) is 0 Å². The molecule has 0 aromatic carbocycles. The van der Waals surface area contributed by atoms with Crippen molar-refractivity contribution in [3.05, 3.63) is 17.9 Å². The lowest BCUT2D eigenvalue weighted by Crippen LogP contribution is -2.43.